The maximum absolute atomic E-state index is 13.0. The highest BCUT2D eigenvalue weighted by atomic mass is 19.1. The summed E-state index contributed by atoms with van der Waals surface area (Å²) in [4.78, 5) is 19.2. The Hall–Kier alpha value is -3.45. The molecular formula is C23H22FN3O3. The molecule has 1 N–H and O–H groups in total. The lowest BCUT2D eigenvalue weighted by molar-refractivity contribution is 0.102. The van der Waals surface area contributed by atoms with Crippen LogP contribution in [0.4, 0.5) is 15.9 Å². The largest absolute Gasteiger partial charge is 0.489 e. The Morgan fingerprint density at radius 2 is 1.90 bits per heavy atom. The molecule has 7 heteroatoms. The normalized spacial score (nSPS) is 13.7. The van der Waals surface area contributed by atoms with Gasteiger partial charge in [0.2, 0.25) is 0 Å². The third-order valence-electron chi connectivity index (χ3n) is 4.76. The van der Waals surface area contributed by atoms with Crippen LogP contribution < -0.4 is 15.0 Å². The minimum atomic E-state index is -0.287. The molecule has 1 fully saturated rings. The lowest BCUT2D eigenvalue weighted by Gasteiger charge is -2.27. The van der Waals surface area contributed by atoms with Crippen molar-refractivity contribution < 1.29 is 18.7 Å². The quantitative estimate of drug-likeness (QED) is 0.672. The average Bonchev–Trinajstić information content (AvgIpc) is 2.80. The van der Waals surface area contributed by atoms with Gasteiger partial charge in [-0.15, -0.1) is 0 Å². The van der Waals surface area contributed by atoms with Gasteiger partial charge in [0.1, 0.15) is 24.0 Å². The van der Waals surface area contributed by atoms with Crippen LogP contribution in [0, 0.1) is 5.82 Å². The van der Waals surface area contributed by atoms with E-state index in [9.17, 15) is 9.18 Å². The van der Waals surface area contributed by atoms with Crippen LogP contribution in [-0.4, -0.2) is 37.2 Å². The van der Waals surface area contributed by atoms with Crippen LogP contribution in [0.2, 0.25) is 0 Å². The molecule has 154 valence electrons. The number of benzene rings is 2. The molecule has 2 aromatic carbocycles. The predicted molar refractivity (Wildman–Crippen MR) is 112 cm³/mol. The van der Waals surface area contributed by atoms with E-state index in [1.54, 1.807) is 42.6 Å². The van der Waals surface area contributed by atoms with Crippen LogP contribution in [-0.2, 0) is 11.3 Å². The zero-order valence-electron chi connectivity index (χ0n) is 16.4. The summed E-state index contributed by atoms with van der Waals surface area (Å²) < 4.78 is 24.1. The van der Waals surface area contributed by atoms with Crippen molar-refractivity contribution in [1.29, 1.82) is 0 Å². The number of anilines is 2. The fraction of sp³-hybridized carbons (Fsp3) is 0.217. The van der Waals surface area contributed by atoms with Gasteiger partial charge in [-0.1, -0.05) is 18.2 Å². The highest BCUT2D eigenvalue weighted by Crippen LogP contribution is 2.19. The van der Waals surface area contributed by atoms with E-state index in [1.807, 2.05) is 12.1 Å². The predicted octanol–water partition coefficient (Wildman–Crippen LogP) is 3.89. The van der Waals surface area contributed by atoms with Crippen molar-refractivity contribution in [2.24, 2.45) is 0 Å². The molecule has 0 radical (unpaired) electrons. The Kier molecular flexibility index (Phi) is 6.20. The third-order valence-corrected chi connectivity index (χ3v) is 4.76. The van der Waals surface area contributed by atoms with Crippen molar-refractivity contribution in [3.05, 3.63) is 83.8 Å². The van der Waals surface area contributed by atoms with Crippen molar-refractivity contribution in [2.75, 3.05) is 36.5 Å². The molecule has 1 amide bonds. The number of morpholine rings is 1. The number of halogens is 1. The molecule has 3 aromatic rings. The van der Waals surface area contributed by atoms with Gasteiger partial charge in [0.15, 0.2) is 0 Å². The minimum absolute atomic E-state index is 0.247. The van der Waals surface area contributed by atoms with Crippen molar-refractivity contribution in [2.45, 2.75) is 6.61 Å². The summed E-state index contributed by atoms with van der Waals surface area (Å²) in [5.41, 5.74) is 1.94. The highest BCUT2D eigenvalue weighted by Gasteiger charge is 2.13. The van der Waals surface area contributed by atoms with Crippen LogP contribution >= 0.6 is 0 Å². The molecule has 1 saturated heterocycles. The number of aromatic nitrogens is 1. The summed E-state index contributed by atoms with van der Waals surface area (Å²) in [7, 11) is 0. The second-order valence-electron chi connectivity index (χ2n) is 6.90. The van der Waals surface area contributed by atoms with Gasteiger partial charge in [-0.25, -0.2) is 9.37 Å². The van der Waals surface area contributed by atoms with Crippen molar-refractivity contribution in [3.8, 4) is 5.75 Å². The first-order valence-corrected chi connectivity index (χ1v) is 9.75. The molecule has 0 aliphatic carbocycles. The van der Waals surface area contributed by atoms with E-state index in [-0.39, 0.29) is 18.3 Å². The van der Waals surface area contributed by atoms with Gasteiger partial charge in [-0.2, -0.15) is 0 Å². The lowest BCUT2D eigenvalue weighted by Crippen LogP contribution is -2.36. The number of nitrogens with one attached hydrogen (secondary N) is 1. The summed E-state index contributed by atoms with van der Waals surface area (Å²) in [5.74, 6) is 0.897. The zero-order chi connectivity index (χ0) is 20.8. The average molecular weight is 407 g/mol. The van der Waals surface area contributed by atoms with Crippen LogP contribution in [0.25, 0.3) is 0 Å². The van der Waals surface area contributed by atoms with Crippen LogP contribution in [0.1, 0.15) is 15.9 Å². The molecule has 0 saturated carbocycles. The summed E-state index contributed by atoms with van der Waals surface area (Å²) in [6, 6.07) is 16.8. The number of nitrogens with zero attached hydrogens (tertiary/aromatic N) is 2. The van der Waals surface area contributed by atoms with Gasteiger partial charge in [-0.05, 0) is 48.0 Å². The first-order chi connectivity index (χ1) is 14.7. The number of amides is 1. The number of hydrogen-bond acceptors (Lipinski definition) is 5. The smallest absolute Gasteiger partial charge is 0.255 e. The topological polar surface area (TPSA) is 63.7 Å². The Morgan fingerprint density at radius 1 is 1.10 bits per heavy atom. The molecule has 1 aliphatic rings. The summed E-state index contributed by atoms with van der Waals surface area (Å²) in [6.45, 7) is 3.30. The third kappa shape index (κ3) is 5.12. The van der Waals surface area contributed by atoms with E-state index in [2.05, 4.69) is 15.2 Å². The Morgan fingerprint density at radius 3 is 2.63 bits per heavy atom. The van der Waals surface area contributed by atoms with Crippen molar-refractivity contribution in [1.82, 2.24) is 4.98 Å². The number of carbonyl (C=O) groups is 1. The van der Waals surface area contributed by atoms with E-state index in [0.717, 1.165) is 24.5 Å². The second kappa shape index (κ2) is 9.37. The molecule has 1 aliphatic heterocycles. The molecule has 0 bridgehead atoms. The maximum atomic E-state index is 13.0. The Bertz CT molecular complexity index is 987. The monoisotopic (exact) mass is 407 g/mol. The summed E-state index contributed by atoms with van der Waals surface area (Å²) in [6.07, 6.45) is 1.65. The zero-order valence-corrected chi connectivity index (χ0v) is 16.4. The van der Waals surface area contributed by atoms with E-state index in [1.165, 1.54) is 12.1 Å². The summed E-state index contributed by atoms with van der Waals surface area (Å²) >= 11 is 0. The van der Waals surface area contributed by atoms with Crippen molar-refractivity contribution in [3.63, 3.8) is 0 Å². The second-order valence-corrected chi connectivity index (χ2v) is 6.90. The molecule has 4 rings (SSSR count). The lowest BCUT2D eigenvalue weighted by atomic mass is 10.2. The van der Waals surface area contributed by atoms with E-state index in [4.69, 9.17) is 9.47 Å². The van der Waals surface area contributed by atoms with Crippen molar-refractivity contribution >= 4 is 17.4 Å². The molecule has 0 spiro atoms. The van der Waals surface area contributed by atoms with Gasteiger partial charge in [0.05, 0.1) is 25.1 Å². The van der Waals surface area contributed by atoms with Crippen LogP contribution in [0.3, 0.4) is 0 Å². The highest BCUT2D eigenvalue weighted by molar-refractivity contribution is 6.04. The molecule has 6 nitrogen and oxygen atoms in total. The van der Waals surface area contributed by atoms with Gasteiger partial charge >= 0.3 is 0 Å². The number of ether oxygens (including phenoxy) is 2. The first-order valence-electron chi connectivity index (χ1n) is 9.75. The van der Waals surface area contributed by atoms with Gasteiger partial charge in [-0.3, -0.25) is 4.79 Å². The number of hydrogen-bond donors (Lipinski definition) is 1. The molecule has 1 aromatic heterocycles. The van der Waals surface area contributed by atoms with Gasteiger partial charge < -0.3 is 19.7 Å². The number of pyridine rings is 1. The van der Waals surface area contributed by atoms with E-state index >= 15 is 0 Å². The minimum Gasteiger partial charge on any atom is -0.489 e. The SMILES string of the molecule is O=C(Nc1ccc(N2CCOCC2)nc1)c1cccc(OCc2ccc(F)cc2)c1. The first kappa shape index (κ1) is 19.8. The van der Waals surface area contributed by atoms with E-state index < -0.39 is 0 Å². The number of rotatable bonds is 6. The number of carbonyl (C=O) groups excluding carboxylic acids is 1. The standard InChI is InChI=1S/C23H22FN3O3/c24-19-6-4-17(5-7-19)16-30-21-3-1-2-18(14-21)23(28)26-20-8-9-22(25-15-20)27-10-12-29-13-11-27/h1-9,14-15H,10-13,16H2,(H,26,28). The van der Waals surface area contributed by atoms with Crippen LogP contribution in [0.5, 0.6) is 5.75 Å². The molecule has 30 heavy (non-hydrogen) atoms. The maximum Gasteiger partial charge on any atom is 0.255 e. The fourth-order valence-corrected chi connectivity index (χ4v) is 3.12. The van der Waals surface area contributed by atoms with E-state index in [0.29, 0.717) is 30.2 Å². The van der Waals surface area contributed by atoms with Gasteiger partial charge in [0, 0.05) is 18.7 Å². The fourth-order valence-electron chi connectivity index (χ4n) is 3.12. The Balaban J connectivity index is 1.36. The molecule has 0 atom stereocenters. The van der Waals surface area contributed by atoms with Crippen LogP contribution in [0.15, 0.2) is 66.9 Å². The van der Waals surface area contributed by atoms with Gasteiger partial charge in [0.25, 0.3) is 5.91 Å². The Labute approximate surface area is 174 Å². The molecule has 0 unspecified atom stereocenters. The molecular weight excluding hydrogens is 385 g/mol. The molecule has 2 heterocycles. The summed E-state index contributed by atoms with van der Waals surface area (Å²) in [5, 5.41) is 2.85.